The minimum absolute atomic E-state index is 0.190. The second-order valence-corrected chi connectivity index (χ2v) is 8.93. The van der Waals surface area contributed by atoms with E-state index in [0.29, 0.717) is 40.7 Å². The molecule has 0 radical (unpaired) electrons. The zero-order chi connectivity index (χ0) is 24.8. The molecule has 1 aromatic heterocycles. The summed E-state index contributed by atoms with van der Waals surface area (Å²) in [4.78, 5) is 6.86. The fourth-order valence-electron chi connectivity index (χ4n) is 4.65. The highest BCUT2D eigenvalue weighted by Crippen LogP contribution is 2.27. The highest BCUT2D eigenvalue weighted by molar-refractivity contribution is 6.54. The van der Waals surface area contributed by atoms with Gasteiger partial charge in [-0.05, 0) is 71.0 Å². The Kier molecular flexibility index (Phi) is 8.02. The van der Waals surface area contributed by atoms with Crippen molar-refractivity contribution in [1.29, 1.82) is 5.41 Å². The molecule has 1 saturated heterocycles. The largest absolute Gasteiger partial charge is 0.494 e. The number of allylic oxidation sites excluding steroid dienone is 2. The van der Waals surface area contributed by atoms with Crippen molar-refractivity contribution in [2.24, 2.45) is 16.1 Å². The third kappa shape index (κ3) is 6.00. The van der Waals surface area contributed by atoms with E-state index in [1.165, 1.54) is 6.07 Å². The van der Waals surface area contributed by atoms with Gasteiger partial charge in [0.2, 0.25) is 0 Å². The molecule has 0 aliphatic carbocycles. The van der Waals surface area contributed by atoms with E-state index in [4.69, 9.17) is 10.1 Å². The van der Waals surface area contributed by atoms with Crippen LogP contribution in [0.3, 0.4) is 0 Å². The van der Waals surface area contributed by atoms with Crippen molar-refractivity contribution in [3.63, 3.8) is 0 Å². The van der Waals surface area contributed by atoms with Gasteiger partial charge in [-0.3, -0.25) is 10.4 Å². The van der Waals surface area contributed by atoms with Crippen molar-refractivity contribution in [1.82, 2.24) is 9.88 Å². The van der Waals surface area contributed by atoms with Gasteiger partial charge in [-0.2, -0.15) is 10.2 Å². The first-order valence-corrected chi connectivity index (χ1v) is 12.2. The molecule has 0 unspecified atom stereocenters. The van der Waals surface area contributed by atoms with E-state index in [2.05, 4.69) is 31.5 Å². The van der Waals surface area contributed by atoms with Gasteiger partial charge >= 0.3 is 0 Å². The number of anilines is 1. The number of ether oxygens (including phenoxy) is 1. The summed E-state index contributed by atoms with van der Waals surface area (Å²) in [5, 5.41) is 20.8. The number of hydrogen-bond acceptors (Lipinski definition) is 7. The Morgan fingerprint density at radius 3 is 2.69 bits per heavy atom. The first-order chi connectivity index (χ1) is 17.0. The molecule has 1 fully saturated rings. The van der Waals surface area contributed by atoms with E-state index in [-0.39, 0.29) is 5.92 Å². The molecule has 3 heterocycles. The maximum atomic E-state index is 14.6. The minimum atomic E-state index is -0.403. The standard InChI is InChI=1S/C27H33FN6O/c1-4-35-22-8-9-24(23(28)17-22)31-18(2)25-19(3)32-33-27(26(25)29)20-10-14-34(15-11-20)16-12-21-7-5-6-13-30-21/h5-9,13,17,20,29,31H,4,10-12,14-16H2,1-3H3/b25-18-,29-26?. The van der Waals surface area contributed by atoms with Gasteiger partial charge in [0.05, 0.1) is 29.4 Å². The van der Waals surface area contributed by atoms with Crippen molar-refractivity contribution >= 4 is 22.8 Å². The van der Waals surface area contributed by atoms with Gasteiger partial charge < -0.3 is 15.0 Å². The Morgan fingerprint density at radius 2 is 2.00 bits per heavy atom. The number of likely N-dealkylation sites (tertiary alicyclic amines) is 1. The van der Waals surface area contributed by atoms with Crippen LogP contribution in [0.5, 0.6) is 5.75 Å². The Morgan fingerprint density at radius 1 is 1.20 bits per heavy atom. The molecule has 184 valence electrons. The van der Waals surface area contributed by atoms with Crippen molar-refractivity contribution in [2.45, 2.75) is 40.0 Å². The van der Waals surface area contributed by atoms with Crippen molar-refractivity contribution in [3.8, 4) is 5.75 Å². The predicted octanol–water partition coefficient (Wildman–Crippen LogP) is 5.11. The molecule has 0 atom stereocenters. The lowest BCUT2D eigenvalue weighted by atomic mass is 9.85. The van der Waals surface area contributed by atoms with Crippen LogP contribution in [0.15, 0.2) is 64.1 Å². The summed E-state index contributed by atoms with van der Waals surface area (Å²) < 4.78 is 20.0. The lowest BCUT2D eigenvalue weighted by molar-refractivity contribution is 0.212. The topological polar surface area (TPSA) is 86.0 Å². The Bertz CT molecular complexity index is 1150. The van der Waals surface area contributed by atoms with E-state index in [1.54, 1.807) is 12.1 Å². The minimum Gasteiger partial charge on any atom is -0.494 e. The number of aromatic nitrogens is 1. The zero-order valence-corrected chi connectivity index (χ0v) is 20.6. The fraction of sp³-hybridized carbons (Fsp3) is 0.407. The average Bonchev–Trinajstić information content (AvgIpc) is 2.86. The Hall–Kier alpha value is -3.39. The lowest BCUT2D eigenvalue weighted by Crippen LogP contribution is -2.40. The first kappa shape index (κ1) is 24.7. The molecule has 0 saturated carbocycles. The van der Waals surface area contributed by atoms with Crippen LogP contribution in [0.4, 0.5) is 10.1 Å². The van der Waals surface area contributed by atoms with Crippen molar-refractivity contribution in [2.75, 3.05) is 31.6 Å². The quantitative estimate of drug-likeness (QED) is 0.554. The number of rotatable bonds is 8. The normalized spacial score (nSPS) is 18.7. The Labute approximate surface area is 206 Å². The van der Waals surface area contributed by atoms with E-state index in [1.807, 2.05) is 39.1 Å². The lowest BCUT2D eigenvalue weighted by Gasteiger charge is -2.33. The molecule has 0 amide bonds. The third-order valence-electron chi connectivity index (χ3n) is 6.51. The smallest absolute Gasteiger partial charge is 0.150 e. The number of pyridine rings is 1. The number of halogens is 1. The second-order valence-electron chi connectivity index (χ2n) is 8.93. The molecule has 2 N–H and O–H groups in total. The molecule has 8 heteroatoms. The second kappa shape index (κ2) is 11.4. The highest BCUT2D eigenvalue weighted by Gasteiger charge is 2.31. The number of nitrogens with one attached hydrogen (secondary N) is 2. The van der Waals surface area contributed by atoms with Crippen LogP contribution >= 0.6 is 0 Å². The van der Waals surface area contributed by atoms with Gasteiger partial charge in [0.1, 0.15) is 11.6 Å². The van der Waals surface area contributed by atoms with Gasteiger partial charge in [0.25, 0.3) is 0 Å². The molecule has 2 aromatic rings. The van der Waals surface area contributed by atoms with E-state index in [0.717, 1.165) is 50.3 Å². The van der Waals surface area contributed by atoms with Gasteiger partial charge in [-0.15, -0.1) is 0 Å². The van der Waals surface area contributed by atoms with Crippen LogP contribution in [0.2, 0.25) is 0 Å². The molecule has 0 spiro atoms. The third-order valence-corrected chi connectivity index (χ3v) is 6.51. The maximum absolute atomic E-state index is 14.6. The van der Waals surface area contributed by atoms with Gasteiger partial charge in [-0.1, -0.05) is 6.07 Å². The summed E-state index contributed by atoms with van der Waals surface area (Å²) in [5.74, 6) is 0.278. The summed E-state index contributed by atoms with van der Waals surface area (Å²) in [6, 6.07) is 10.8. The van der Waals surface area contributed by atoms with Gasteiger partial charge in [0.15, 0.2) is 0 Å². The van der Waals surface area contributed by atoms with Crippen LogP contribution in [0, 0.1) is 17.1 Å². The number of benzene rings is 1. The molecule has 7 nitrogen and oxygen atoms in total. The first-order valence-electron chi connectivity index (χ1n) is 12.2. The highest BCUT2D eigenvalue weighted by atomic mass is 19.1. The van der Waals surface area contributed by atoms with Crippen LogP contribution < -0.4 is 10.1 Å². The van der Waals surface area contributed by atoms with Gasteiger partial charge in [0, 0.05) is 48.1 Å². The molecule has 2 aliphatic rings. The molecular weight excluding hydrogens is 443 g/mol. The SMILES string of the molecule is CCOc1ccc(N/C(C)=C2\C(=N)C(C3CCN(CCc4ccccn4)CC3)=NN=C2C)c(F)c1. The zero-order valence-electron chi connectivity index (χ0n) is 20.6. The monoisotopic (exact) mass is 476 g/mol. The number of piperidine rings is 1. The summed E-state index contributed by atoms with van der Waals surface area (Å²) in [6.07, 6.45) is 4.64. The summed E-state index contributed by atoms with van der Waals surface area (Å²) in [5.41, 5.74) is 4.57. The molecule has 0 bridgehead atoms. The molecule has 35 heavy (non-hydrogen) atoms. The predicted molar refractivity (Wildman–Crippen MR) is 139 cm³/mol. The summed E-state index contributed by atoms with van der Waals surface area (Å²) in [7, 11) is 0. The van der Waals surface area contributed by atoms with E-state index < -0.39 is 5.82 Å². The molecule has 4 rings (SSSR count). The molecule has 1 aromatic carbocycles. The van der Waals surface area contributed by atoms with Crippen molar-refractivity contribution < 1.29 is 9.13 Å². The van der Waals surface area contributed by atoms with Crippen LogP contribution in [-0.4, -0.2) is 53.3 Å². The van der Waals surface area contributed by atoms with Crippen LogP contribution in [0.1, 0.15) is 39.3 Å². The van der Waals surface area contributed by atoms with Crippen LogP contribution in [0.25, 0.3) is 0 Å². The summed E-state index contributed by atoms with van der Waals surface area (Å²) in [6.45, 7) is 8.92. The molecule has 2 aliphatic heterocycles. The molecular formula is C27H33FN6O. The summed E-state index contributed by atoms with van der Waals surface area (Å²) >= 11 is 0. The van der Waals surface area contributed by atoms with E-state index >= 15 is 0 Å². The van der Waals surface area contributed by atoms with Gasteiger partial charge in [-0.25, -0.2) is 4.39 Å². The number of hydrogen-bond donors (Lipinski definition) is 2. The van der Waals surface area contributed by atoms with E-state index in [9.17, 15) is 4.39 Å². The fourth-order valence-corrected chi connectivity index (χ4v) is 4.65. The van der Waals surface area contributed by atoms with Crippen molar-refractivity contribution in [3.05, 3.63) is 65.4 Å². The number of nitrogens with zero attached hydrogens (tertiary/aromatic N) is 4. The average molecular weight is 477 g/mol. The Balaban J connectivity index is 1.40. The van der Waals surface area contributed by atoms with Crippen LogP contribution in [-0.2, 0) is 6.42 Å². The maximum Gasteiger partial charge on any atom is 0.150 e.